The van der Waals surface area contributed by atoms with Gasteiger partial charge in [0.1, 0.15) is 0 Å². The average Bonchev–Trinajstić information content (AvgIpc) is 3.03. The van der Waals surface area contributed by atoms with Crippen LogP contribution in [-0.2, 0) is 25.8 Å². The van der Waals surface area contributed by atoms with Crippen LogP contribution in [0, 0.1) is 0 Å². The predicted molar refractivity (Wildman–Crippen MR) is 89.7 cm³/mol. The molecule has 2 aromatic heterocycles. The van der Waals surface area contributed by atoms with Crippen LogP contribution < -0.4 is 0 Å². The first-order chi connectivity index (χ1) is 12.5. The Morgan fingerprint density at radius 2 is 1.58 bits per heavy atom. The number of hydrogen-bond acceptors (Lipinski definition) is 4. The zero-order valence-corrected chi connectivity index (χ0v) is 13.7. The van der Waals surface area contributed by atoms with Crippen LogP contribution in [0.2, 0.25) is 0 Å². The molecule has 0 aliphatic carbocycles. The smallest absolute Gasteiger partial charge is 0.291 e. The van der Waals surface area contributed by atoms with Crippen molar-refractivity contribution in [2.45, 2.75) is 25.8 Å². The third kappa shape index (κ3) is 3.43. The number of hydrogen-bond donors (Lipinski definition) is 0. The molecule has 0 fully saturated rings. The molecule has 1 aromatic carbocycles. The van der Waals surface area contributed by atoms with Gasteiger partial charge >= 0.3 is 6.18 Å². The number of nitrogens with zero attached hydrogens (tertiary/aromatic N) is 4. The zero-order valence-electron chi connectivity index (χ0n) is 13.7. The van der Waals surface area contributed by atoms with Gasteiger partial charge in [0.05, 0.1) is 5.69 Å². The maximum Gasteiger partial charge on any atom is 0.451 e. The van der Waals surface area contributed by atoms with Crippen molar-refractivity contribution in [3.63, 3.8) is 0 Å². The lowest BCUT2D eigenvalue weighted by molar-refractivity contribution is -0.144. The van der Waals surface area contributed by atoms with Crippen molar-refractivity contribution in [1.82, 2.24) is 19.9 Å². The van der Waals surface area contributed by atoms with Gasteiger partial charge in [0.25, 0.3) is 0 Å². The summed E-state index contributed by atoms with van der Waals surface area (Å²) in [5.41, 5.74) is 4.73. The molecule has 0 unspecified atom stereocenters. The van der Waals surface area contributed by atoms with Gasteiger partial charge in [-0.3, -0.25) is 9.88 Å². The molecule has 0 bridgehead atoms. The number of fused-ring (bicyclic) bond motifs is 1. The van der Waals surface area contributed by atoms with E-state index in [1.807, 2.05) is 24.3 Å². The Kier molecular flexibility index (Phi) is 4.16. The molecule has 0 atom stereocenters. The number of rotatable bonds is 3. The van der Waals surface area contributed by atoms with Crippen molar-refractivity contribution in [3.05, 3.63) is 77.5 Å². The van der Waals surface area contributed by atoms with Crippen LogP contribution in [0.4, 0.5) is 13.2 Å². The zero-order chi connectivity index (χ0) is 18.1. The van der Waals surface area contributed by atoms with Gasteiger partial charge in [-0.2, -0.15) is 13.2 Å². The molecule has 3 heterocycles. The first kappa shape index (κ1) is 16.7. The van der Waals surface area contributed by atoms with E-state index in [1.165, 1.54) is 11.1 Å². The van der Waals surface area contributed by atoms with E-state index in [-0.39, 0.29) is 0 Å². The Hall–Kier alpha value is -2.80. The first-order valence-electron chi connectivity index (χ1n) is 8.13. The van der Waals surface area contributed by atoms with Crippen LogP contribution in [-0.4, -0.2) is 19.9 Å². The monoisotopic (exact) mass is 356 g/mol. The van der Waals surface area contributed by atoms with Crippen LogP contribution in [0.15, 0.2) is 55.0 Å². The van der Waals surface area contributed by atoms with Gasteiger partial charge in [0.2, 0.25) is 5.82 Å². The number of aromatic nitrogens is 3. The highest BCUT2D eigenvalue weighted by molar-refractivity contribution is 5.57. The van der Waals surface area contributed by atoms with Crippen molar-refractivity contribution >= 4 is 0 Å². The SMILES string of the molecule is FC(F)(F)c1ncc(-c2cc(CN3Cc4ccccc4C3)ccn2)cn1. The van der Waals surface area contributed by atoms with Gasteiger partial charge in [0, 0.05) is 43.8 Å². The fraction of sp³-hybridized carbons (Fsp3) is 0.211. The Labute approximate surface area is 148 Å². The summed E-state index contributed by atoms with van der Waals surface area (Å²) < 4.78 is 37.7. The maximum absolute atomic E-state index is 12.6. The molecule has 0 amide bonds. The predicted octanol–water partition coefficient (Wildman–Crippen LogP) is 4.07. The summed E-state index contributed by atoms with van der Waals surface area (Å²) in [5.74, 6) is -1.15. The van der Waals surface area contributed by atoms with Gasteiger partial charge in [-0.05, 0) is 28.8 Å². The molecule has 0 saturated heterocycles. The highest BCUT2D eigenvalue weighted by Gasteiger charge is 2.34. The highest BCUT2D eigenvalue weighted by Crippen LogP contribution is 2.27. The van der Waals surface area contributed by atoms with Crippen LogP contribution in [0.5, 0.6) is 0 Å². The summed E-state index contributed by atoms with van der Waals surface area (Å²) in [6.45, 7) is 2.51. The molecule has 4 nitrogen and oxygen atoms in total. The average molecular weight is 356 g/mol. The molecule has 132 valence electrons. The summed E-state index contributed by atoms with van der Waals surface area (Å²) in [7, 11) is 0. The summed E-state index contributed by atoms with van der Waals surface area (Å²) in [6.07, 6.45) is -0.564. The molecule has 3 aromatic rings. The highest BCUT2D eigenvalue weighted by atomic mass is 19.4. The minimum atomic E-state index is -4.54. The molecule has 1 aliphatic rings. The third-order valence-corrected chi connectivity index (χ3v) is 4.34. The number of halogens is 3. The van der Waals surface area contributed by atoms with E-state index in [9.17, 15) is 13.2 Å². The maximum atomic E-state index is 12.6. The second-order valence-electron chi connectivity index (χ2n) is 6.26. The summed E-state index contributed by atoms with van der Waals surface area (Å²) >= 11 is 0. The Morgan fingerprint density at radius 1 is 0.923 bits per heavy atom. The fourth-order valence-corrected chi connectivity index (χ4v) is 3.11. The second-order valence-corrected chi connectivity index (χ2v) is 6.26. The third-order valence-electron chi connectivity index (χ3n) is 4.34. The van der Waals surface area contributed by atoms with E-state index in [0.717, 1.165) is 37.6 Å². The lowest BCUT2D eigenvalue weighted by atomic mass is 10.1. The van der Waals surface area contributed by atoms with E-state index in [4.69, 9.17) is 0 Å². The second kappa shape index (κ2) is 6.49. The molecule has 26 heavy (non-hydrogen) atoms. The van der Waals surface area contributed by atoms with E-state index in [0.29, 0.717) is 11.3 Å². The molecule has 0 radical (unpaired) electrons. The summed E-state index contributed by atoms with van der Waals surface area (Å²) in [6, 6.07) is 12.1. The Bertz CT molecular complexity index is 898. The van der Waals surface area contributed by atoms with Gasteiger partial charge in [-0.15, -0.1) is 0 Å². The number of pyridine rings is 1. The van der Waals surface area contributed by atoms with Crippen molar-refractivity contribution in [2.24, 2.45) is 0 Å². The van der Waals surface area contributed by atoms with Crippen molar-refractivity contribution in [1.29, 1.82) is 0 Å². The molecule has 4 rings (SSSR count). The summed E-state index contributed by atoms with van der Waals surface area (Å²) in [4.78, 5) is 13.3. The molecule has 7 heteroatoms. The molecule has 0 spiro atoms. The quantitative estimate of drug-likeness (QED) is 0.709. The summed E-state index contributed by atoms with van der Waals surface area (Å²) in [5, 5.41) is 0. The van der Waals surface area contributed by atoms with Gasteiger partial charge < -0.3 is 0 Å². The van der Waals surface area contributed by atoms with Crippen LogP contribution in [0.25, 0.3) is 11.3 Å². The first-order valence-corrected chi connectivity index (χ1v) is 8.13. The van der Waals surface area contributed by atoms with Crippen molar-refractivity contribution in [2.75, 3.05) is 0 Å². The van der Waals surface area contributed by atoms with Gasteiger partial charge in [0.15, 0.2) is 0 Å². The fourth-order valence-electron chi connectivity index (χ4n) is 3.11. The lowest BCUT2D eigenvalue weighted by Crippen LogP contribution is -2.15. The van der Waals surface area contributed by atoms with Crippen molar-refractivity contribution < 1.29 is 13.2 Å². The van der Waals surface area contributed by atoms with Crippen LogP contribution in [0.3, 0.4) is 0 Å². The van der Waals surface area contributed by atoms with E-state index < -0.39 is 12.0 Å². The normalized spacial score (nSPS) is 14.4. The molecular weight excluding hydrogens is 341 g/mol. The minimum Gasteiger partial charge on any atom is -0.291 e. The Morgan fingerprint density at radius 3 is 2.19 bits per heavy atom. The largest absolute Gasteiger partial charge is 0.451 e. The van der Waals surface area contributed by atoms with E-state index >= 15 is 0 Å². The number of alkyl halides is 3. The minimum absolute atomic E-state index is 0.463. The molecule has 0 saturated carbocycles. The molecular formula is C19H15F3N4. The van der Waals surface area contributed by atoms with Gasteiger partial charge in [-0.25, -0.2) is 9.97 Å². The van der Waals surface area contributed by atoms with E-state index in [2.05, 4.69) is 32.0 Å². The van der Waals surface area contributed by atoms with Crippen LogP contribution in [0.1, 0.15) is 22.5 Å². The topological polar surface area (TPSA) is 41.9 Å². The van der Waals surface area contributed by atoms with Crippen molar-refractivity contribution in [3.8, 4) is 11.3 Å². The Balaban J connectivity index is 1.51. The lowest BCUT2D eigenvalue weighted by Gasteiger charge is -2.15. The van der Waals surface area contributed by atoms with E-state index in [1.54, 1.807) is 6.20 Å². The number of benzene rings is 1. The molecule has 1 aliphatic heterocycles. The van der Waals surface area contributed by atoms with Gasteiger partial charge in [-0.1, -0.05) is 24.3 Å². The molecule has 0 N–H and O–H groups in total. The standard InChI is InChI=1S/C19H15F3N4/c20-19(21,22)18-24-8-16(9-25-18)17-7-13(5-6-23-17)10-26-11-14-3-1-2-4-15(14)12-26/h1-9H,10-12H2. The van der Waals surface area contributed by atoms with Crippen LogP contribution >= 0.6 is 0 Å².